The number of nitrogens with zero attached hydrogens (tertiary/aromatic N) is 2. The fourth-order valence-electron chi connectivity index (χ4n) is 1.94. The topological polar surface area (TPSA) is 103 Å². The zero-order valence-electron chi connectivity index (χ0n) is 11.8. The van der Waals surface area contributed by atoms with Gasteiger partial charge in [0.15, 0.2) is 0 Å². The monoisotopic (exact) mass is 323 g/mol. The maximum Gasteiger partial charge on any atom is 0.360 e. The van der Waals surface area contributed by atoms with Gasteiger partial charge in [-0.3, -0.25) is 4.55 Å². The first-order chi connectivity index (χ1) is 10.5. The fourth-order valence-corrected chi connectivity index (χ4v) is 2.70. The van der Waals surface area contributed by atoms with Crippen LogP contribution in [0.1, 0.15) is 6.42 Å². The highest BCUT2D eigenvalue weighted by molar-refractivity contribution is 7.87. The number of phenolic OH excluding ortho intramolecular Hbond substituents is 1. The molecule has 0 radical (unpaired) electrons. The van der Waals surface area contributed by atoms with Gasteiger partial charge in [0, 0.05) is 19.3 Å². The van der Waals surface area contributed by atoms with Gasteiger partial charge in [0.25, 0.3) is 0 Å². The number of anilines is 2. The molecule has 0 spiro atoms. The summed E-state index contributed by atoms with van der Waals surface area (Å²) in [6.07, 6.45) is 2.07. The normalized spacial score (nSPS) is 11.1. The molecule has 0 bridgehead atoms. The number of pyridine rings is 1. The van der Waals surface area contributed by atoms with Gasteiger partial charge in [-0.2, -0.15) is 8.42 Å². The summed E-state index contributed by atoms with van der Waals surface area (Å²) in [5, 5.41) is 12.8. The van der Waals surface area contributed by atoms with Gasteiger partial charge >= 0.3 is 10.3 Å². The smallest absolute Gasteiger partial charge is 0.360 e. The van der Waals surface area contributed by atoms with Crippen LogP contribution in [0.25, 0.3) is 0 Å². The third kappa shape index (κ3) is 4.34. The Hall–Kier alpha value is -2.32. The Labute approximate surface area is 129 Å². The SMILES string of the molecule is O=S(=O)(O)N(CCCNc1ccccn1)c1ccccc1O. The second-order valence-corrected chi connectivity index (χ2v) is 5.87. The summed E-state index contributed by atoms with van der Waals surface area (Å²) in [7, 11) is -4.46. The van der Waals surface area contributed by atoms with Crippen molar-refractivity contribution in [2.24, 2.45) is 0 Å². The van der Waals surface area contributed by atoms with Gasteiger partial charge in [0.2, 0.25) is 0 Å². The van der Waals surface area contributed by atoms with E-state index >= 15 is 0 Å². The number of aromatic hydroxyl groups is 1. The molecule has 1 heterocycles. The number of para-hydroxylation sites is 2. The zero-order chi connectivity index (χ0) is 16.0. The van der Waals surface area contributed by atoms with Crippen molar-refractivity contribution in [3.63, 3.8) is 0 Å². The summed E-state index contributed by atoms with van der Waals surface area (Å²) in [5.41, 5.74) is 0.0443. The Morgan fingerprint density at radius 1 is 1.14 bits per heavy atom. The van der Waals surface area contributed by atoms with Gasteiger partial charge in [0.1, 0.15) is 11.6 Å². The quantitative estimate of drug-likeness (QED) is 0.531. The zero-order valence-corrected chi connectivity index (χ0v) is 12.6. The largest absolute Gasteiger partial charge is 0.506 e. The van der Waals surface area contributed by atoms with Crippen molar-refractivity contribution >= 4 is 21.8 Å². The molecule has 7 nitrogen and oxygen atoms in total. The van der Waals surface area contributed by atoms with Crippen molar-refractivity contribution in [3.8, 4) is 5.75 Å². The second kappa shape index (κ2) is 7.10. The van der Waals surface area contributed by atoms with E-state index in [1.807, 2.05) is 6.07 Å². The predicted molar refractivity (Wildman–Crippen MR) is 84.3 cm³/mol. The molecule has 1 aromatic carbocycles. The van der Waals surface area contributed by atoms with Crippen molar-refractivity contribution in [3.05, 3.63) is 48.7 Å². The summed E-state index contributed by atoms with van der Waals surface area (Å²) in [6, 6.07) is 11.4. The standard InChI is InChI=1S/C14H17N3O4S/c18-13-7-2-1-6-12(13)17(22(19,20)21)11-5-10-16-14-8-3-4-9-15-14/h1-4,6-9,18H,5,10-11H2,(H,15,16)(H,19,20,21). The first-order valence-electron chi connectivity index (χ1n) is 6.66. The Balaban J connectivity index is 1.99. The molecule has 0 saturated carbocycles. The molecule has 0 aliphatic heterocycles. The molecule has 0 unspecified atom stereocenters. The fraction of sp³-hybridized carbons (Fsp3) is 0.214. The molecule has 8 heteroatoms. The number of aromatic nitrogens is 1. The van der Waals surface area contributed by atoms with E-state index in [-0.39, 0.29) is 18.0 Å². The number of hydrogen-bond donors (Lipinski definition) is 3. The van der Waals surface area contributed by atoms with E-state index < -0.39 is 10.3 Å². The van der Waals surface area contributed by atoms with E-state index in [1.165, 1.54) is 12.1 Å². The number of benzene rings is 1. The highest BCUT2D eigenvalue weighted by atomic mass is 32.2. The Morgan fingerprint density at radius 2 is 1.86 bits per heavy atom. The molecule has 0 aliphatic rings. The molecular formula is C14H17N3O4S. The molecule has 0 fully saturated rings. The third-order valence-corrected chi connectivity index (χ3v) is 3.87. The molecule has 2 aromatic rings. The Morgan fingerprint density at radius 3 is 2.50 bits per heavy atom. The van der Waals surface area contributed by atoms with Crippen LogP contribution in [0.5, 0.6) is 5.75 Å². The lowest BCUT2D eigenvalue weighted by Gasteiger charge is -2.21. The second-order valence-electron chi connectivity index (χ2n) is 4.53. The number of rotatable bonds is 7. The molecule has 1 aromatic heterocycles. The van der Waals surface area contributed by atoms with Gasteiger partial charge in [-0.05, 0) is 30.7 Å². The van der Waals surface area contributed by atoms with Gasteiger partial charge in [-0.25, -0.2) is 9.29 Å². The van der Waals surface area contributed by atoms with Crippen LogP contribution in [0.15, 0.2) is 48.7 Å². The van der Waals surface area contributed by atoms with E-state index in [9.17, 15) is 18.1 Å². The number of phenols is 1. The molecule has 3 N–H and O–H groups in total. The van der Waals surface area contributed by atoms with Crippen LogP contribution in [-0.4, -0.2) is 36.2 Å². The van der Waals surface area contributed by atoms with Gasteiger partial charge in [-0.1, -0.05) is 18.2 Å². The average molecular weight is 323 g/mol. The molecule has 0 amide bonds. The Kier molecular flexibility index (Phi) is 5.18. The van der Waals surface area contributed by atoms with Crippen LogP contribution in [-0.2, 0) is 10.3 Å². The summed E-state index contributed by atoms with van der Waals surface area (Å²) >= 11 is 0. The molecule has 0 atom stereocenters. The molecule has 0 aliphatic carbocycles. The lowest BCUT2D eigenvalue weighted by Crippen LogP contribution is -2.32. The maximum atomic E-state index is 11.5. The molecule has 118 valence electrons. The maximum absolute atomic E-state index is 11.5. The van der Waals surface area contributed by atoms with Crippen molar-refractivity contribution in [2.45, 2.75) is 6.42 Å². The minimum Gasteiger partial charge on any atom is -0.506 e. The van der Waals surface area contributed by atoms with Crippen molar-refractivity contribution in [1.82, 2.24) is 4.98 Å². The summed E-state index contributed by atoms with van der Waals surface area (Å²) in [4.78, 5) is 4.08. The molecular weight excluding hydrogens is 306 g/mol. The molecule has 2 rings (SSSR count). The third-order valence-electron chi connectivity index (χ3n) is 2.94. The summed E-state index contributed by atoms with van der Waals surface area (Å²) in [6.45, 7) is 0.493. The van der Waals surface area contributed by atoms with Crippen LogP contribution in [0.4, 0.5) is 11.5 Å². The average Bonchev–Trinajstić information content (AvgIpc) is 2.48. The molecule has 22 heavy (non-hydrogen) atoms. The van der Waals surface area contributed by atoms with E-state index in [0.29, 0.717) is 18.8 Å². The van der Waals surface area contributed by atoms with E-state index in [1.54, 1.807) is 30.5 Å². The first-order valence-corrected chi connectivity index (χ1v) is 8.06. The molecule has 0 saturated heterocycles. The van der Waals surface area contributed by atoms with E-state index in [0.717, 1.165) is 4.31 Å². The van der Waals surface area contributed by atoms with Gasteiger partial charge in [-0.15, -0.1) is 0 Å². The lowest BCUT2D eigenvalue weighted by atomic mass is 10.3. The predicted octanol–water partition coefficient (Wildman–Crippen LogP) is 1.90. The summed E-state index contributed by atoms with van der Waals surface area (Å²) in [5.74, 6) is 0.473. The highest BCUT2D eigenvalue weighted by Crippen LogP contribution is 2.28. The van der Waals surface area contributed by atoms with Crippen molar-refractivity contribution < 1.29 is 18.1 Å². The van der Waals surface area contributed by atoms with Crippen molar-refractivity contribution in [2.75, 3.05) is 22.7 Å². The highest BCUT2D eigenvalue weighted by Gasteiger charge is 2.21. The van der Waals surface area contributed by atoms with Crippen LogP contribution < -0.4 is 9.62 Å². The van der Waals surface area contributed by atoms with Crippen molar-refractivity contribution in [1.29, 1.82) is 0 Å². The van der Waals surface area contributed by atoms with Crippen LogP contribution in [0.2, 0.25) is 0 Å². The minimum atomic E-state index is -4.46. The van der Waals surface area contributed by atoms with E-state index in [2.05, 4.69) is 10.3 Å². The summed E-state index contributed by atoms with van der Waals surface area (Å²) < 4.78 is 33.1. The van der Waals surface area contributed by atoms with E-state index in [4.69, 9.17) is 0 Å². The van der Waals surface area contributed by atoms with Crippen LogP contribution in [0.3, 0.4) is 0 Å². The van der Waals surface area contributed by atoms with Crippen LogP contribution >= 0.6 is 0 Å². The van der Waals surface area contributed by atoms with Gasteiger partial charge < -0.3 is 10.4 Å². The number of hydrogen-bond acceptors (Lipinski definition) is 5. The van der Waals surface area contributed by atoms with Gasteiger partial charge in [0.05, 0.1) is 5.69 Å². The Bertz CT molecular complexity index is 707. The number of nitrogens with one attached hydrogen (secondary N) is 1. The van der Waals surface area contributed by atoms with Crippen LogP contribution in [0, 0.1) is 0 Å². The minimum absolute atomic E-state index is 0.0240. The lowest BCUT2D eigenvalue weighted by molar-refractivity contribution is 0.464. The first kappa shape index (κ1) is 16.1.